The molecule has 0 aliphatic carbocycles. The zero-order valence-electron chi connectivity index (χ0n) is 10.5. The Hall–Kier alpha value is -1.03. The first-order valence-electron chi connectivity index (χ1n) is 6.01. The van der Waals surface area contributed by atoms with E-state index in [1.54, 1.807) is 18.2 Å². The van der Waals surface area contributed by atoms with Crippen LogP contribution in [0.25, 0.3) is 0 Å². The van der Waals surface area contributed by atoms with E-state index in [4.69, 9.17) is 23.2 Å². The van der Waals surface area contributed by atoms with E-state index in [9.17, 15) is 4.79 Å². The van der Waals surface area contributed by atoms with Crippen molar-refractivity contribution in [3.8, 4) is 0 Å². The van der Waals surface area contributed by atoms with Gasteiger partial charge in [0.1, 0.15) is 0 Å². The van der Waals surface area contributed by atoms with Crippen LogP contribution in [0.5, 0.6) is 0 Å². The Kier molecular flexibility index (Phi) is 5.46. The van der Waals surface area contributed by atoms with Crippen molar-refractivity contribution >= 4 is 50.7 Å². The predicted molar refractivity (Wildman–Crippen MR) is 88.4 cm³/mol. The van der Waals surface area contributed by atoms with Gasteiger partial charge in [0.2, 0.25) is 0 Å². The van der Waals surface area contributed by atoms with E-state index >= 15 is 0 Å². The molecule has 20 heavy (non-hydrogen) atoms. The molecule has 0 aliphatic rings. The highest BCUT2D eigenvalue weighted by Crippen LogP contribution is 2.22. The van der Waals surface area contributed by atoms with Crippen molar-refractivity contribution in [2.24, 2.45) is 0 Å². The van der Waals surface area contributed by atoms with Crippen molar-refractivity contribution in [1.29, 1.82) is 0 Å². The average molecular weight is 373 g/mol. The molecule has 0 fully saturated rings. The van der Waals surface area contributed by atoms with Gasteiger partial charge in [-0.3, -0.25) is 4.79 Å². The third-order valence-corrected chi connectivity index (χ3v) is 3.72. The van der Waals surface area contributed by atoms with Crippen LogP contribution in [0.1, 0.15) is 15.9 Å². The highest BCUT2D eigenvalue weighted by Gasteiger charge is 2.10. The molecule has 0 atom stereocenters. The van der Waals surface area contributed by atoms with E-state index in [0.717, 1.165) is 17.4 Å². The Morgan fingerprint density at radius 1 is 1.10 bits per heavy atom. The van der Waals surface area contributed by atoms with Gasteiger partial charge in [0.05, 0.1) is 10.6 Å². The number of alkyl halides is 1. The zero-order chi connectivity index (χ0) is 14.5. The van der Waals surface area contributed by atoms with Crippen LogP contribution in [0.3, 0.4) is 0 Å². The second-order valence-corrected chi connectivity index (χ2v) is 5.85. The smallest absolute Gasteiger partial charge is 0.257 e. The van der Waals surface area contributed by atoms with Crippen LogP contribution in [0.2, 0.25) is 10.0 Å². The monoisotopic (exact) mass is 371 g/mol. The Balaban J connectivity index is 2.11. The average Bonchev–Trinajstić information content (AvgIpc) is 2.41. The van der Waals surface area contributed by atoms with E-state index in [-0.39, 0.29) is 5.91 Å². The molecule has 0 unspecified atom stereocenters. The van der Waals surface area contributed by atoms with Crippen molar-refractivity contribution < 1.29 is 4.79 Å². The molecule has 0 saturated carbocycles. The molecule has 0 radical (unpaired) electrons. The van der Waals surface area contributed by atoms with E-state index < -0.39 is 0 Å². The summed E-state index contributed by atoms with van der Waals surface area (Å²) >= 11 is 15.2. The molecule has 5 heteroatoms. The van der Waals surface area contributed by atoms with Crippen LogP contribution >= 0.6 is 39.1 Å². The van der Waals surface area contributed by atoms with E-state index in [2.05, 4.69) is 21.2 Å². The van der Waals surface area contributed by atoms with Crippen LogP contribution in [0.15, 0.2) is 42.5 Å². The van der Waals surface area contributed by atoms with Crippen LogP contribution in [-0.4, -0.2) is 11.2 Å². The summed E-state index contributed by atoms with van der Waals surface area (Å²) in [7, 11) is 0. The van der Waals surface area contributed by atoms with Gasteiger partial charge >= 0.3 is 0 Å². The van der Waals surface area contributed by atoms with Gasteiger partial charge in [-0.2, -0.15) is 0 Å². The number of halogens is 3. The fraction of sp³-hybridized carbons (Fsp3) is 0.133. The summed E-state index contributed by atoms with van der Waals surface area (Å²) in [5.41, 5.74) is 2.35. The van der Waals surface area contributed by atoms with Crippen LogP contribution < -0.4 is 5.32 Å². The van der Waals surface area contributed by atoms with Gasteiger partial charge in [0.15, 0.2) is 0 Å². The van der Waals surface area contributed by atoms with Gasteiger partial charge in [-0.1, -0.05) is 51.3 Å². The van der Waals surface area contributed by atoms with Crippen LogP contribution in [-0.2, 0) is 6.42 Å². The number of benzene rings is 2. The fourth-order valence-electron chi connectivity index (χ4n) is 1.74. The summed E-state index contributed by atoms with van der Waals surface area (Å²) in [6, 6.07) is 12.5. The van der Waals surface area contributed by atoms with E-state index in [1.807, 2.05) is 24.3 Å². The minimum absolute atomic E-state index is 0.250. The lowest BCUT2D eigenvalue weighted by Gasteiger charge is -2.08. The molecular formula is C15H12BrCl2NO. The lowest BCUT2D eigenvalue weighted by atomic mass is 10.1. The number of aryl methyl sites for hydroxylation is 1. The molecule has 1 N–H and O–H groups in total. The quantitative estimate of drug-likeness (QED) is 0.735. The molecule has 2 aromatic carbocycles. The standard InChI is InChI=1S/C15H12BrCl2NO/c16-8-7-10-1-4-12(5-2-10)19-15(20)13-6-3-11(17)9-14(13)18/h1-6,9H,7-8H2,(H,19,20). The molecule has 0 spiro atoms. The zero-order valence-corrected chi connectivity index (χ0v) is 13.6. The summed E-state index contributed by atoms with van der Waals surface area (Å²) in [6.07, 6.45) is 0.956. The molecule has 0 bridgehead atoms. The van der Waals surface area contributed by atoms with Gasteiger partial charge in [0.25, 0.3) is 5.91 Å². The molecule has 2 aromatic rings. The fourth-order valence-corrected chi connectivity index (χ4v) is 2.69. The van der Waals surface area contributed by atoms with E-state index in [0.29, 0.717) is 15.6 Å². The molecule has 0 saturated heterocycles. The Bertz CT molecular complexity index is 614. The Morgan fingerprint density at radius 2 is 1.80 bits per heavy atom. The van der Waals surface area contributed by atoms with Crippen molar-refractivity contribution in [2.75, 3.05) is 10.6 Å². The van der Waals surface area contributed by atoms with Crippen molar-refractivity contribution in [1.82, 2.24) is 0 Å². The molecule has 2 rings (SSSR count). The molecule has 2 nitrogen and oxygen atoms in total. The molecule has 0 aliphatic heterocycles. The maximum absolute atomic E-state index is 12.1. The minimum Gasteiger partial charge on any atom is -0.322 e. The maximum Gasteiger partial charge on any atom is 0.257 e. The predicted octanol–water partition coefficient (Wildman–Crippen LogP) is 5.18. The minimum atomic E-state index is -0.250. The number of carbonyl (C=O) groups is 1. The van der Waals surface area contributed by atoms with Gasteiger partial charge in [-0.25, -0.2) is 0 Å². The first-order chi connectivity index (χ1) is 9.60. The molecule has 1 amide bonds. The van der Waals surface area contributed by atoms with Crippen molar-refractivity contribution in [3.05, 3.63) is 63.6 Å². The number of rotatable bonds is 4. The number of amides is 1. The van der Waals surface area contributed by atoms with Gasteiger partial charge in [-0.15, -0.1) is 0 Å². The van der Waals surface area contributed by atoms with Gasteiger partial charge in [-0.05, 0) is 42.3 Å². The SMILES string of the molecule is O=C(Nc1ccc(CCBr)cc1)c1ccc(Cl)cc1Cl. The molecule has 104 valence electrons. The van der Waals surface area contributed by atoms with Gasteiger partial charge < -0.3 is 5.32 Å². The summed E-state index contributed by atoms with van der Waals surface area (Å²) in [5, 5.41) is 4.57. The Labute approximate surface area is 136 Å². The van der Waals surface area contributed by atoms with Gasteiger partial charge in [0, 0.05) is 16.0 Å². The normalized spacial score (nSPS) is 10.3. The topological polar surface area (TPSA) is 29.1 Å². The van der Waals surface area contributed by atoms with Crippen molar-refractivity contribution in [2.45, 2.75) is 6.42 Å². The highest BCUT2D eigenvalue weighted by molar-refractivity contribution is 9.09. The lowest BCUT2D eigenvalue weighted by Crippen LogP contribution is -2.12. The van der Waals surface area contributed by atoms with Crippen LogP contribution in [0.4, 0.5) is 5.69 Å². The second kappa shape index (κ2) is 7.11. The van der Waals surface area contributed by atoms with Crippen LogP contribution in [0, 0.1) is 0 Å². The largest absolute Gasteiger partial charge is 0.322 e. The number of carbonyl (C=O) groups excluding carboxylic acids is 1. The Morgan fingerprint density at radius 3 is 2.40 bits per heavy atom. The summed E-state index contributed by atoms with van der Waals surface area (Å²) in [4.78, 5) is 12.1. The second-order valence-electron chi connectivity index (χ2n) is 4.21. The third-order valence-electron chi connectivity index (χ3n) is 2.77. The molecule has 0 aromatic heterocycles. The van der Waals surface area contributed by atoms with Crippen molar-refractivity contribution in [3.63, 3.8) is 0 Å². The third kappa shape index (κ3) is 3.98. The summed E-state index contributed by atoms with van der Waals surface area (Å²) in [5.74, 6) is -0.250. The number of anilines is 1. The molecule has 0 heterocycles. The first kappa shape index (κ1) is 15.4. The number of hydrogen-bond acceptors (Lipinski definition) is 1. The van der Waals surface area contributed by atoms with E-state index in [1.165, 1.54) is 5.56 Å². The maximum atomic E-state index is 12.1. The first-order valence-corrected chi connectivity index (χ1v) is 7.89. The highest BCUT2D eigenvalue weighted by atomic mass is 79.9. The molecular weight excluding hydrogens is 361 g/mol. The number of nitrogens with one attached hydrogen (secondary N) is 1. The summed E-state index contributed by atoms with van der Waals surface area (Å²) < 4.78 is 0. The lowest BCUT2D eigenvalue weighted by molar-refractivity contribution is 0.102. The summed E-state index contributed by atoms with van der Waals surface area (Å²) in [6.45, 7) is 0. The number of hydrogen-bond donors (Lipinski definition) is 1.